The zero-order valence-corrected chi connectivity index (χ0v) is 11.5. The van der Waals surface area contributed by atoms with Crippen LogP contribution >= 0.6 is 0 Å². The molecule has 0 bridgehead atoms. The molecule has 0 saturated carbocycles. The molecular formula is C14H22FNO2. The summed E-state index contributed by atoms with van der Waals surface area (Å²) in [5.74, 6) is 1.23. The van der Waals surface area contributed by atoms with Crippen molar-refractivity contribution in [3.8, 4) is 11.5 Å². The van der Waals surface area contributed by atoms with Crippen LogP contribution in [0.5, 0.6) is 11.5 Å². The Morgan fingerprint density at radius 3 is 2.33 bits per heavy atom. The lowest BCUT2D eigenvalue weighted by Crippen LogP contribution is -2.11. The van der Waals surface area contributed by atoms with E-state index in [-0.39, 0.29) is 0 Å². The molecule has 1 aromatic rings. The van der Waals surface area contributed by atoms with Gasteiger partial charge >= 0.3 is 0 Å². The van der Waals surface area contributed by atoms with Crippen LogP contribution in [0.15, 0.2) is 12.1 Å². The van der Waals surface area contributed by atoms with Crippen LogP contribution in [0.2, 0.25) is 0 Å². The van der Waals surface area contributed by atoms with Gasteiger partial charge < -0.3 is 15.2 Å². The van der Waals surface area contributed by atoms with Crippen molar-refractivity contribution in [2.45, 2.75) is 32.4 Å². The van der Waals surface area contributed by atoms with Crippen molar-refractivity contribution in [1.82, 2.24) is 0 Å². The third-order valence-electron chi connectivity index (χ3n) is 2.89. The Hall–Kier alpha value is -1.29. The van der Waals surface area contributed by atoms with Crippen LogP contribution in [-0.2, 0) is 12.1 Å². The topological polar surface area (TPSA) is 44.5 Å². The fraction of sp³-hybridized carbons (Fsp3) is 0.571. The molecule has 3 nitrogen and oxygen atoms in total. The summed E-state index contributed by atoms with van der Waals surface area (Å²) in [4.78, 5) is 0. The molecule has 0 saturated heterocycles. The third-order valence-corrected chi connectivity index (χ3v) is 2.89. The number of hydrogen-bond acceptors (Lipinski definition) is 3. The highest BCUT2D eigenvalue weighted by Gasteiger charge is 2.23. The van der Waals surface area contributed by atoms with Crippen molar-refractivity contribution in [3.63, 3.8) is 0 Å². The van der Waals surface area contributed by atoms with Crippen LogP contribution in [0, 0.1) is 0 Å². The third kappa shape index (κ3) is 3.35. The van der Waals surface area contributed by atoms with Gasteiger partial charge in [-0.25, -0.2) is 4.39 Å². The molecule has 0 aromatic heterocycles. The molecule has 1 rings (SSSR count). The molecule has 0 fully saturated rings. The van der Waals surface area contributed by atoms with E-state index in [4.69, 9.17) is 15.2 Å². The van der Waals surface area contributed by atoms with E-state index in [1.54, 1.807) is 20.3 Å². The molecule has 0 atom stereocenters. The van der Waals surface area contributed by atoms with Gasteiger partial charge in [-0.2, -0.15) is 0 Å². The minimum atomic E-state index is -1.41. The fourth-order valence-corrected chi connectivity index (χ4v) is 1.86. The fourth-order valence-electron chi connectivity index (χ4n) is 1.86. The van der Waals surface area contributed by atoms with Crippen LogP contribution in [0.1, 0.15) is 31.4 Å². The number of ether oxygens (including phenoxy) is 2. The molecule has 18 heavy (non-hydrogen) atoms. The molecule has 0 heterocycles. The van der Waals surface area contributed by atoms with Crippen molar-refractivity contribution in [2.75, 3.05) is 20.8 Å². The van der Waals surface area contributed by atoms with Crippen LogP contribution in [0.25, 0.3) is 0 Å². The van der Waals surface area contributed by atoms with Gasteiger partial charge in [0.05, 0.1) is 14.2 Å². The van der Waals surface area contributed by atoms with Gasteiger partial charge in [0.15, 0.2) is 11.5 Å². The molecule has 2 N–H and O–H groups in total. The van der Waals surface area contributed by atoms with Crippen LogP contribution in [-0.4, -0.2) is 20.8 Å². The molecule has 0 unspecified atom stereocenters. The van der Waals surface area contributed by atoms with Crippen molar-refractivity contribution in [3.05, 3.63) is 23.3 Å². The van der Waals surface area contributed by atoms with Crippen LogP contribution in [0.3, 0.4) is 0 Å². The predicted molar refractivity (Wildman–Crippen MR) is 71.1 cm³/mol. The number of aryl methyl sites for hydroxylation is 1. The van der Waals surface area contributed by atoms with Crippen molar-refractivity contribution >= 4 is 0 Å². The lowest BCUT2D eigenvalue weighted by molar-refractivity contribution is 0.220. The zero-order chi connectivity index (χ0) is 13.8. The largest absolute Gasteiger partial charge is 0.493 e. The molecule has 0 amide bonds. The van der Waals surface area contributed by atoms with Crippen LogP contribution < -0.4 is 15.2 Å². The molecule has 0 aliphatic heterocycles. The average molecular weight is 255 g/mol. The first-order chi connectivity index (χ1) is 8.43. The smallest absolute Gasteiger partial charge is 0.163 e. The number of methoxy groups -OCH3 is 2. The van der Waals surface area contributed by atoms with E-state index in [0.717, 1.165) is 18.4 Å². The van der Waals surface area contributed by atoms with Crippen molar-refractivity contribution in [1.29, 1.82) is 0 Å². The quantitative estimate of drug-likeness (QED) is 0.850. The van der Waals surface area contributed by atoms with E-state index < -0.39 is 5.67 Å². The van der Waals surface area contributed by atoms with E-state index in [0.29, 0.717) is 23.6 Å². The first-order valence-corrected chi connectivity index (χ1v) is 6.08. The molecule has 0 radical (unpaired) electrons. The number of halogens is 1. The second-order valence-electron chi connectivity index (χ2n) is 4.74. The maximum atomic E-state index is 14.1. The Labute approximate surface area is 108 Å². The monoisotopic (exact) mass is 255 g/mol. The van der Waals surface area contributed by atoms with E-state index >= 15 is 0 Å². The van der Waals surface area contributed by atoms with E-state index in [1.807, 2.05) is 6.07 Å². The maximum Gasteiger partial charge on any atom is 0.163 e. The lowest BCUT2D eigenvalue weighted by atomic mass is 9.95. The number of benzene rings is 1. The summed E-state index contributed by atoms with van der Waals surface area (Å²) >= 11 is 0. The van der Waals surface area contributed by atoms with Crippen molar-refractivity contribution in [2.24, 2.45) is 5.73 Å². The second-order valence-corrected chi connectivity index (χ2v) is 4.74. The molecule has 1 aromatic carbocycles. The molecule has 0 spiro atoms. The normalized spacial score (nSPS) is 11.4. The Morgan fingerprint density at radius 1 is 1.22 bits per heavy atom. The molecular weight excluding hydrogens is 233 g/mol. The zero-order valence-electron chi connectivity index (χ0n) is 11.5. The lowest BCUT2D eigenvalue weighted by Gasteiger charge is -2.20. The second kappa shape index (κ2) is 6.05. The van der Waals surface area contributed by atoms with Crippen LogP contribution in [0.4, 0.5) is 4.39 Å². The highest BCUT2D eigenvalue weighted by atomic mass is 19.1. The highest BCUT2D eigenvalue weighted by Crippen LogP contribution is 2.37. The van der Waals surface area contributed by atoms with Gasteiger partial charge in [0.1, 0.15) is 5.67 Å². The van der Waals surface area contributed by atoms with Gasteiger partial charge in [0, 0.05) is 0 Å². The molecule has 0 aliphatic rings. The van der Waals surface area contributed by atoms with E-state index in [9.17, 15) is 4.39 Å². The van der Waals surface area contributed by atoms with E-state index in [2.05, 4.69) is 0 Å². The summed E-state index contributed by atoms with van der Waals surface area (Å²) in [7, 11) is 3.14. The first kappa shape index (κ1) is 14.8. The van der Waals surface area contributed by atoms with Gasteiger partial charge in [0.2, 0.25) is 0 Å². The summed E-state index contributed by atoms with van der Waals surface area (Å²) in [6, 6.07) is 3.52. The summed E-state index contributed by atoms with van der Waals surface area (Å²) < 4.78 is 24.7. The van der Waals surface area contributed by atoms with Crippen molar-refractivity contribution < 1.29 is 13.9 Å². The number of hydrogen-bond donors (Lipinski definition) is 1. The SMILES string of the molecule is COc1cc(C(C)(C)F)cc(CCCN)c1OC. The highest BCUT2D eigenvalue weighted by molar-refractivity contribution is 5.50. The Balaban J connectivity index is 3.26. The van der Waals surface area contributed by atoms with Gasteiger partial charge in [0.25, 0.3) is 0 Å². The van der Waals surface area contributed by atoms with Gasteiger partial charge in [-0.3, -0.25) is 0 Å². The van der Waals surface area contributed by atoms with E-state index in [1.165, 1.54) is 13.8 Å². The van der Waals surface area contributed by atoms with Gasteiger partial charge in [-0.05, 0) is 56.5 Å². The minimum absolute atomic E-state index is 0.563. The minimum Gasteiger partial charge on any atom is -0.493 e. The van der Waals surface area contributed by atoms with Gasteiger partial charge in [-0.15, -0.1) is 0 Å². The molecule has 0 aliphatic carbocycles. The summed E-state index contributed by atoms with van der Waals surface area (Å²) in [5, 5.41) is 0. The number of nitrogens with two attached hydrogens (primary N) is 1. The Kier molecular flexibility index (Phi) is 4.96. The number of rotatable bonds is 6. The summed E-state index contributed by atoms with van der Waals surface area (Å²) in [5.41, 5.74) is 5.63. The summed E-state index contributed by atoms with van der Waals surface area (Å²) in [6.07, 6.45) is 1.58. The standard InChI is InChI=1S/C14H22FNO2/c1-14(2,15)11-8-10(6-5-7-16)13(18-4)12(9-11)17-3/h8-9H,5-7,16H2,1-4H3. The number of alkyl halides is 1. The predicted octanol–water partition coefficient (Wildman–Crippen LogP) is 2.80. The molecule has 4 heteroatoms. The maximum absolute atomic E-state index is 14.1. The molecule has 102 valence electrons. The Bertz CT molecular complexity index is 400. The summed E-state index contributed by atoms with van der Waals surface area (Å²) in [6.45, 7) is 3.65. The first-order valence-electron chi connectivity index (χ1n) is 6.08. The Morgan fingerprint density at radius 2 is 1.89 bits per heavy atom. The average Bonchev–Trinajstić information content (AvgIpc) is 2.33. The van der Waals surface area contributed by atoms with Gasteiger partial charge in [-0.1, -0.05) is 0 Å².